The molecule has 8 nitrogen and oxygen atoms in total. The molecule has 0 unspecified atom stereocenters. The second kappa shape index (κ2) is 9.23. The Labute approximate surface area is 189 Å². The minimum Gasteiger partial charge on any atom is -0.442 e. The van der Waals surface area contributed by atoms with Gasteiger partial charge in [0.05, 0.1) is 18.8 Å². The van der Waals surface area contributed by atoms with Crippen LogP contribution in [0.15, 0.2) is 35.6 Å². The zero-order valence-electron chi connectivity index (χ0n) is 18.2. The minimum atomic E-state index is -0.756. The summed E-state index contributed by atoms with van der Waals surface area (Å²) in [6, 6.07) is 6.62. The number of amides is 1. The Kier molecular flexibility index (Phi) is 6.40. The molecule has 3 heterocycles. The van der Waals surface area contributed by atoms with Gasteiger partial charge in [0.15, 0.2) is 0 Å². The number of anilines is 2. The number of halogens is 1. The van der Waals surface area contributed by atoms with Crippen LogP contribution in [-0.4, -0.2) is 77.8 Å². The van der Waals surface area contributed by atoms with Gasteiger partial charge in [0, 0.05) is 66.5 Å². The van der Waals surface area contributed by atoms with E-state index in [1.807, 2.05) is 13.0 Å². The Balaban J connectivity index is 1.51. The fourth-order valence-corrected chi connectivity index (χ4v) is 5.03. The van der Waals surface area contributed by atoms with Gasteiger partial charge in [-0.3, -0.25) is 14.1 Å². The van der Waals surface area contributed by atoms with Crippen molar-refractivity contribution in [2.45, 2.75) is 13.0 Å². The molecular formula is C22H26FN5O3S. The predicted molar refractivity (Wildman–Crippen MR) is 124 cm³/mol. The molecule has 2 fully saturated rings. The molecule has 2 aromatic rings. The Morgan fingerprint density at radius 3 is 2.75 bits per heavy atom. The van der Waals surface area contributed by atoms with Crippen LogP contribution in [0.3, 0.4) is 0 Å². The van der Waals surface area contributed by atoms with Gasteiger partial charge in [-0.1, -0.05) is 0 Å². The molecule has 4 rings (SSSR count). The van der Waals surface area contributed by atoms with Crippen molar-refractivity contribution in [1.82, 2.24) is 9.99 Å². The molecular weight excluding hydrogens is 433 g/mol. The van der Waals surface area contributed by atoms with Crippen molar-refractivity contribution in [3.05, 3.63) is 41.8 Å². The van der Waals surface area contributed by atoms with Gasteiger partial charge in [-0.25, -0.2) is 14.2 Å². The second-order valence-electron chi connectivity index (χ2n) is 7.96. The number of cyclic esters (lactones) is 1. The number of ether oxygens (including phenoxy) is 1. The van der Waals surface area contributed by atoms with Crippen LogP contribution in [0.5, 0.6) is 0 Å². The molecule has 0 N–H and O–H groups in total. The van der Waals surface area contributed by atoms with Gasteiger partial charge in [0.25, 0.3) is 0 Å². The highest BCUT2D eigenvalue weighted by atomic mass is 32.2. The lowest BCUT2D eigenvalue weighted by Gasteiger charge is -2.28. The van der Waals surface area contributed by atoms with Crippen molar-refractivity contribution in [2.75, 3.05) is 54.5 Å². The van der Waals surface area contributed by atoms with Gasteiger partial charge in [0.2, 0.25) is 0 Å². The number of rotatable bonds is 6. The number of hydrogen-bond acceptors (Lipinski definition) is 7. The fraction of sp³-hybridized carbons (Fsp3) is 0.409. The third-order valence-corrected chi connectivity index (χ3v) is 6.96. The normalized spacial score (nSPS) is 19.2. The number of aromatic nitrogens is 1. The summed E-state index contributed by atoms with van der Waals surface area (Å²) in [7, 11) is 0.985. The molecule has 1 aromatic heterocycles. The number of benzene rings is 1. The first-order valence-corrected chi connectivity index (χ1v) is 11.9. The van der Waals surface area contributed by atoms with E-state index in [2.05, 4.69) is 21.7 Å². The SMILES string of the molecule is C=NN(C)C[C@H]1CN(c2ccc(-c3cnc(N4CCS(=O)CC4)c(C)c3)c(F)c2)C(=O)O1. The molecule has 2 saturated heterocycles. The van der Waals surface area contributed by atoms with E-state index >= 15 is 4.39 Å². The van der Waals surface area contributed by atoms with Crippen molar-refractivity contribution >= 4 is 35.1 Å². The van der Waals surface area contributed by atoms with Crippen molar-refractivity contribution < 1.29 is 18.1 Å². The first-order valence-electron chi connectivity index (χ1n) is 10.4. The van der Waals surface area contributed by atoms with Gasteiger partial charge in [-0.2, -0.15) is 5.10 Å². The van der Waals surface area contributed by atoms with E-state index in [0.29, 0.717) is 54.5 Å². The number of likely N-dealkylation sites (N-methyl/N-ethyl adjacent to an activating group) is 1. The van der Waals surface area contributed by atoms with E-state index in [-0.39, 0.29) is 6.10 Å². The number of pyridine rings is 1. The largest absolute Gasteiger partial charge is 0.442 e. The number of aryl methyl sites for hydroxylation is 1. The maximum absolute atomic E-state index is 15.0. The van der Waals surface area contributed by atoms with Crippen LogP contribution in [0.25, 0.3) is 11.1 Å². The molecule has 0 radical (unpaired) electrons. The Bertz CT molecular complexity index is 1060. The van der Waals surface area contributed by atoms with E-state index in [9.17, 15) is 9.00 Å². The summed E-state index contributed by atoms with van der Waals surface area (Å²) in [6.07, 6.45) is 0.779. The zero-order valence-corrected chi connectivity index (χ0v) is 19.0. The van der Waals surface area contributed by atoms with Crippen LogP contribution < -0.4 is 9.80 Å². The van der Waals surface area contributed by atoms with E-state index in [0.717, 1.165) is 11.4 Å². The Hall–Kier alpha value is -3.01. The van der Waals surface area contributed by atoms with Crippen molar-refractivity contribution in [3.8, 4) is 11.1 Å². The predicted octanol–water partition coefficient (Wildman–Crippen LogP) is 2.64. The van der Waals surface area contributed by atoms with Crippen molar-refractivity contribution in [2.24, 2.45) is 5.10 Å². The summed E-state index contributed by atoms with van der Waals surface area (Å²) < 4.78 is 32.0. The summed E-state index contributed by atoms with van der Waals surface area (Å²) in [5.74, 6) is 1.68. The minimum absolute atomic E-state index is 0.313. The average molecular weight is 460 g/mol. The summed E-state index contributed by atoms with van der Waals surface area (Å²) in [5, 5.41) is 5.36. The van der Waals surface area contributed by atoms with Crippen LogP contribution in [0.1, 0.15) is 5.56 Å². The Morgan fingerprint density at radius 1 is 1.34 bits per heavy atom. The summed E-state index contributed by atoms with van der Waals surface area (Å²) in [5.41, 5.74) is 2.45. The molecule has 170 valence electrons. The molecule has 32 heavy (non-hydrogen) atoms. The first kappa shape index (κ1) is 22.2. The lowest BCUT2D eigenvalue weighted by Crippen LogP contribution is -2.38. The molecule has 10 heteroatoms. The number of hydrogen-bond donors (Lipinski definition) is 0. The maximum atomic E-state index is 15.0. The Morgan fingerprint density at radius 2 is 2.09 bits per heavy atom. The highest BCUT2D eigenvalue weighted by Gasteiger charge is 2.33. The van der Waals surface area contributed by atoms with Crippen molar-refractivity contribution in [3.63, 3.8) is 0 Å². The van der Waals surface area contributed by atoms with Crippen LogP contribution in [-0.2, 0) is 15.5 Å². The first-order chi connectivity index (χ1) is 15.4. The molecule has 0 bridgehead atoms. The highest BCUT2D eigenvalue weighted by Crippen LogP contribution is 2.31. The molecule has 0 aliphatic carbocycles. The number of carbonyl (C=O) groups is 1. The smallest absolute Gasteiger partial charge is 0.414 e. The molecule has 1 amide bonds. The van der Waals surface area contributed by atoms with E-state index in [1.165, 1.54) is 11.0 Å². The monoisotopic (exact) mass is 459 g/mol. The molecule has 0 spiro atoms. The van der Waals surface area contributed by atoms with Gasteiger partial charge >= 0.3 is 6.09 Å². The number of nitrogens with zero attached hydrogens (tertiary/aromatic N) is 5. The lowest BCUT2D eigenvalue weighted by molar-refractivity contribution is 0.118. The van der Waals surface area contributed by atoms with E-state index < -0.39 is 22.7 Å². The summed E-state index contributed by atoms with van der Waals surface area (Å²) in [4.78, 5) is 20.4. The average Bonchev–Trinajstić information content (AvgIpc) is 3.14. The lowest BCUT2D eigenvalue weighted by atomic mass is 10.0. The summed E-state index contributed by atoms with van der Waals surface area (Å²) in [6.45, 7) is 7.52. The van der Waals surface area contributed by atoms with Gasteiger partial charge in [-0.05, 0) is 36.8 Å². The van der Waals surface area contributed by atoms with Gasteiger partial charge in [-0.15, -0.1) is 0 Å². The van der Waals surface area contributed by atoms with Gasteiger partial charge < -0.3 is 9.64 Å². The standard InChI is InChI=1S/C22H26FN5O3S/c1-15-10-16(12-25-21(15)27-6-8-32(30)9-7-27)19-5-4-17(11-20(19)23)28-14-18(31-22(28)29)13-26(3)24-2/h4-5,10-12,18H,2,6-9,13-14H2,1,3H3/t18-/m0/s1. The number of carbonyl (C=O) groups excluding carboxylic acids is 1. The van der Waals surface area contributed by atoms with Crippen LogP contribution in [0.2, 0.25) is 0 Å². The topological polar surface area (TPSA) is 78.3 Å². The fourth-order valence-electron chi connectivity index (χ4n) is 3.98. The molecule has 0 saturated carbocycles. The zero-order chi connectivity index (χ0) is 22.8. The summed E-state index contributed by atoms with van der Waals surface area (Å²) >= 11 is 0. The molecule has 1 aromatic carbocycles. The van der Waals surface area contributed by atoms with E-state index in [1.54, 1.807) is 30.4 Å². The van der Waals surface area contributed by atoms with Crippen LogP contribution in [0, 0.1) is 12.7 Å². The highest BCUT2D eigenvalue weighted by molar-refractivity contribution is 7.85. The maximum Gasteiger partial charge on any atom is 0.414 e. The molecule has 2 aliphatic rings. The number of hydrazone groups is 1. The second-order valence-corrected chi connectivity index (χ2v) is 9.66. The molecule has 1 atom stereocenters. The van der Waals surface area contributed by atoms with E-state index in [4.69, 9.17) is 4.74 Å². The third-order valence-electron chi connectivity index (χ3n) is 5.69. The van der Waals surface area contributed by atoms with Crippen LogP contribution >= 0.6 is 0 Å². The third kappa shape index (κ3) is 4.59. The molecule has 2 aliphatic heterocycles. The van der Waals surface area contributed by atoms with Gasteiger partial charge in [0.1, 0.15) is 17.7 Å². The quantitative estimate of drug-likeness (QED) is 0.488. The van der Waals surface area contributed by atoms with Crippen LogP contribution in [0.4, 0.5) is 20.7 Å². The van der Waals surface area contributed by atoms with Crippen molar-refractivity contribution in [1.29, 1.82) is 0 Å².